The Morgan fingerprint density at radius 3 is 2.36 bits per heavy atom. The van der Waals surface area contributed by atoms with Crippen LogP contribution in [0.2, 0.25) is 0 Å². The van der Waals surface area contributed by atoms with Crippen LogP contribution in [0.4, 0.5) is 0 Å². The van der Waals surface area contributed by atoms with E-state index in [-0.39, 0.29) is 30.4 Å². The second-order valence-electron chi connectivity index (χ2n) is 6.48. The first kappa shape index (κ1) is 18.8. The minimum absolute atomic E-state index is 0.0339. The molecule has 0 N–H and O–H groups in total. The molecule has 1 heterocycles. The van der Waals surface area contributed by atoms with Crippen LogP contribution in [0, 0.1) is 6.92 Å². The number of fused-ring (bicyclic) bond motifs is 1. The molecule has 0 saturated heterocycles. The van der Waals surface area contributed by atoms with Gasteiger partial charge in [-0.2, -0.15) is 0 Å². The molecule has 0 bridgehead atoms. The molecule has 0 aliphatic heterocycles. The highest BCUT2D eigenvalue weighted by Gasteiger charge is 2.24. The fourth-order valence-corrected chi connectivity index (χ4v) is 2.96. The number of furan rings is 1. The lowest BCUT2D eigenvalue weighted by Gasteiger charge is -2.30. The molecule has 136 valence electrons. The molecule has 0 aliphatic carbocycles. The normalized spacial score (nSPS) is 11.2. The summed E-state index contributed by atoms with van der Waals surface area (Å²) in [5.74, 6) is -0.0880. The van der Waals surface area contributed by atoms with Gasteiger partial charge in [0.15, 0.2) is 6.61 Å². The molecule has 6 nitrogen and oxygen atoms in total. The van der Waals surface area contributed by atoms with Gasteiger partial charge in [0, 0.05) is 23.0 Å². The van der Waals surface area contributed by atoms with E-state index in [2.05, 4.69) is 0 Å². The number of esters is 1. The van der Waals surface area contributed by atoms with E-state index in [0.717, 1.165) is 5.39 Å². The molecule has 2 rings (SSSR count). The van der Waals surface area contributed by atoms with Crippen molar-refractivity contribution in [3.8, 4) is 5.75 Å². The summed E-state index contributed by atoms with van der Waals surface area (Å²) in [5, 5.41) is 0.781. The SMILES string of the molecule is COc1ccc2oc(C(=O)OCC(=O)N(C(C)C)C(C)C)c(C)c2c1. The van der Waals surface area contributed by atoms with Crippen LogP contribution in [0.3, 0.4) is 0 Å². The van der Waals surface area contributed by atoms with Crippen molar-refractivity contribution in [2.45, 2.75) is 46.7 Å². The molecule has 1 aromatic carbocycles. The standard InChI is InChI=1S/C19H25NO5/c1-11(2)20(12(3)4)17(21)10-24-19(22)18-13(5)15-9-14(23-6)7-8-16(15)25-18/h7-9,11-12H,10H2,1-6H3. The first-order valence-corrected chi connectivity index (χ1v) is 8.31. The molecular weight excluding hydrogens is 322 g/mol. The molecule has 0 aliphatic rings. The highest BCUT2D eigenvalue weighted by atomic mass is 16.5. The van der Waals surface area contributed by atoms with Gasteiger partial charge in [-0.15, -0.1) is 0 Å². The fourth-order valence-electron chi connectivity index (χ4n) is 2.96. The lowest BCUT2D eigenvalue weighted by atomic mass is 10.1. The van der Waals surface area contributed by atoms with Gasteiger partial charge in [-0.25, -0.2) is 4.79 Å². The van der Waals surface area contributed by atoms with E-state index < -0.39 is 5.97 Å². The molecule has 0 spiro atoms. The van der Waals surface area contributed by atoms with Crippen LogP contribution in [0.25, 0.3) is 11.0 Å². The number of hydrogen-bond acceptors (Lipinski definition) is 5. The third kappa shape index (κ3) is 3.95. The molecule has 0 saturated carbocycles. The summed E-state index contributed by atoms with van der Waals surface area (Å²) in [4.78, 5) is 26.3. The van der Waals surface area contributed by atoms with Gasteiger partial charge >= 0.3 is 5.97 Å². The molecule has 0 fully saturated rings. The largest absolute Gasteiger partial charge is 0.497 e. The second-order valence-corrected chi connectivity index (χ2v) is 6.48. The number of carbonyl (C=O) groups is 2. The third-order valence-corrected chi connectivity index (χ3v) is 4.06. The van der Waals surface area contributed by atoms with Crippen LogP contribution in [0.15, 0.2) is 22.6 Å². The van der Waals surface area contributed by atoms with Gasteiger partial charge in [-0.1, -0.05) is 0 Å². The van der Waals surface area contributed by atoms with Crippen molar-refractivity contribution >= 4 is 22.8 Å². The van der Waals surface area contributed by atoms with E-state index >= 15 is 0 Å². The zero-order chi connectivity index (χ0) is 18.7. The number of rotatable bonds is 6. The second kappa shape index (κ2) is 7.59. The van der Waals surface area contributed by atoms with E-state index in [1.54, 1.807) is 37.1 Å². The first-order chi connectivity index (χ1) is 11.8. The van der Waals surface area contributed by atoms with Gasteiger partial charge in [-0.3, -0.25) is 4.79 Å². The Bertz CT molecular complexity index is 767. The summed E-state index contributed by atoms with van der Waals surface area (Å²) in [7, 11) is 1.58. The molecular formula is C19H25NO5. The minimum atomic E-state index is -0.645. The highest BCUT2D eigenvalue weighted by Crippen LogP contribution is 2.29. The number of hydrogen-bond donors (Lipinski definition) is 0. The van der Waals surface area contributed by atoms with E-state index in [4.69, 9.17) is 13.9 Å². The van der Waals surface area contributed by atoms with Gasteiger partial charge in [0.1, 0.15) is 11.3 Å². The van der Waals surface area contributed by atoms with E-state index in [9.17, 15) is 9.59 Å². The quantitative estimate of drug-likeness (QED) is 0.748. The van der Waals surface area contributed by atoms with Crippen LogP contribution >= 0.6 is 0 Å². The Kier molecular flexibility index (Phi) is 5.72. The van der Waals surface area contributed by atoms with Crippen molar-refractivity contribution in [2.24, 2.45) is 0 Å². The van der Waals surface area contributed by atoms with Gasteiger partial charge in [0.2, 0.25) is 5.76 Å². The molecule has 0 unspecified atom stereocenters. The van der Waals surface area contributed by atoms with Crippen LogP contribution in [-0.4, -0.2) is 42.6 Å². The average Bonchev–Trinajstić information content (AvgIpc) is 2.88. The maximum atomic E-state index is 12.3. The van der Waals surface area contributed by atoms with Crippen LogP contribution < -0.4 is 4.74 Å². The average molecular weight is 347 g/mol. The number of methoxy groups -OCH3 is 1. The summed E-state index contributed by atoms with van der Waals surface area (Å²) in [6.45, 7) is 9.17. The summed E-state index contributed by atoms with van der Waals surface area (Å²) < 4.78 is 16.0. The molecule has 0 radical (unpaired) electrons. The van der Waals surface area contributed by atoms with Crippen molar-refractivity contribution in [1.29, 1.82) is 0 Å². The molecule has 2 aromatic rings. The number of aryl methyl sites for hydroxylation is 1. The summed E-state index contributed by atoms with van der Waals surface area (Å²) >= 11 is 0. The van der Waals surface area contributed by atoms with E-state index in [1.807, 2.05) is 27.7 Å². The van der Waals surface area contributed by atoms with Crippen molar-refractivity contribution < 1.29 is 23.5 Å². The monoisotopic (exact) mass is 347 g/mol. The molecule has 25 heavy (non-hydrogen) atoms. The zero-order valence-electron chi connectivity index (χ0n) is 15.6. The number of amides is 1. The third-order valence-electron chi connectivity index (χ3n) is 4.06. The summed E-state index contributed by atoms with van der Waals surface area (Å²) in [6, 6.07) is 5.36. The van der Waals surface area contributed by atoms with Crippen LogP contribution in [0.5, 0.6) is 5.75 Å². The highest BCUT2D eigenvalue weighted by molar-refractivity contribution is 5.97. The molecule has 6 heteroatoms. The Hall–Kier alpha value is -2.50. The number of benzene rings is 1. The summed E-state index contributed by atoms with van der Waals surface area (Å²) in [6.07, 6.45) is 0. The maximum Gasteiger partial charge on any atom is 0.375 e. The zero-order valence-corrected chi connectivity index (χ0v) is 15.6. The summed E-state index contributed by atoms with van der Waals surface area (Å²) in [5.41, 5.74) is 1.23. The Labute approximate surface area is 147 Å². The number of carbonyl (C=O) groups excluding carboxylic acids is 2. The van der Waals surface area contributed by atoms with Crippen molar-refractivity contribution in [1.82, 2.24) is 4.90 Å². The predicted octanol–water partition coefficient (Wildman–Crippen LogP) is 3.55. The van der Waals surface area contributed by atoms with Crippen molar-refractivity contribution in [3.05, 3.63) is 29.5 Å². The van der Waals surface area contributed by atoms with Gasteiger partial charge < -0.3 is 18.8 Å². The Balaban J connectivity index is 2.15. The maximum absolute atomic E-state index is 12.3. The van der Waals surface area contributed by atoms with Gasteiger partial charge in [0.25, 0.3) is 5.91 Å². The Morgan fingerprint density at radius 1 is 1.16 bits per heavy atom. The Morgan fingerprint density at radius 2 is 1.80 bits per heavy atom. The van der Waals surface area contributed by atoms with Crippen LogP contribution in [-0.2, 0) is 9.53 Å². The van der Waals surface area contributed by atoms with Crippen molar-refractivity contribution in [3.63, 3.8) is 0 Å². The topological polar surface area (TPSA) is 69.0 Å². The first-order valence-electron chi connectivity index (χ1n) is 8.31. The molecule has 1 aromatic heterocycles. The van der Waals surface area contributed by atoms with Gasteiger partial charge in [-0.05, 0) is 52.8 Å². The van der Waals surface area contributed by atoms with Crippen LogP contribution in [0.1, 0.15) is 43.8 Å². The fraction of sp³-hybridized carbons (Fsp3) is 0.474. The van der Waals surface area contributed by atoms with E-state index in [0.29, 0.717) is 16.9 Å². The molecule has 1 amide bonds. The van der Waals surface area contributed by atoms with Crippen molar-refractivity contribution in [2.75, 3.05) is 13.7 Å². The van der Waals surface area contributed by atoms with Gasteiger partial charge in [0.05, 0.1) is 7.11 Å². The number of ether oxygens (including phenoxy) is 2. The smallest absolute Gasteiger partial charge is 0.375 e. The number of nitrogens with zero attached hydrogens (tertiary/aromatic N) is 1. The predicted molar refractivity (Wildman–Crippen MR) is 94.9 cm³/mol. The lowest BCUT2D eigenvalue weighted by Crippen LogP contribution is -2.44. The lowest BCUT2D eigenvalue weighted by molar-refractivity contribution is -0.138. The minimum Gasteiger partial charge on any atom is -0.497 e. The molecule has 0 atom stereocenters. The van der Waals surface area contributed by atoms with E-state index in [1.165, 1.54) is 0 Å².